The summed E-state index contributed by atoms with van der Waals surface area (Å²) in [5.41, 5.74) is 2.60. The lowest BCUT2D eigenvalue weighted by Gasteiger charge is -2.35. The van der Waals surface area contributed by atoms with Gasteiger partial charge in [0, 0.05) is 50.3 Å². The Bertz CT molecular complexity index is 750. The highest BCUT2D eigenvalue weighted by Gasteiger charge is 2.37. The highest BCUT2D eigenvalue weighted by molar-refractivity contribution is 5.92. The minimum absolute atomic E-state index is 0.000491. The molecule has 2 aromatic heterocycles. The molecule has 5 rings (SSSR count). The van der Waals surface area contributed by atoms with Crippen LogP contribution < -0.4 is 0 Å². The number of fused-ring (bicyclic) bond motifs is 4. The van der Waals surface area contributed by atoms with Gasteiger partial charge < -0.3 is 4.90 Å². The summed E-state index contributed by atoms with van der Waals surface area (Å²) < 4.78 is 0. The van der Waals surface area contributed by atoms with E-state index < -0.39 is 0 Å². The van der Waals surface area contributed by atoms with Crippen LogP contribution in [0.4, 0.5) is 0 Å². The third-order valence-corrected chi connectivity index (χ3v) is 5.21. The van der Waals surface area contributed by atoms with Gasteiger partial charge in [0.1, 0.15) is 5.69 Å². The zero-order valence-electron chi connectivity index (χ0n) is 14.5. The van der Waals surface area contributed by atoms with Gasteiger partial charge in [-0.2, -0.15) is 0 Å². The van der Waals surface area contributed by atoms with E-state index in [2.05, 4.69) is 32.0 Å². The van der Waals surface area contributed by atoms with E-state index in [-0.39, 0.29) is 5.91 Å². The number of carbonyl (C=O) groups excluding carboxylic acids is 1. The Kier molecular flexibility index (Phi) is 4.44. The molecule has 0 spiro atoms. The van der Waals surface area contributed by atoms with Crippen molar-refractivity contribution in [1.29, 1.82) is 0 Å². The fourth-order valence-electron chi connectivity index (χ4n) is 4.01. The second-order valence-electron chi connectivity index (χ2n) is 7.10. The van der Waals surface area contributed by atoms with Crippen molar-refractivity contribution in [2.24, 2.45) is 5.92 Å². The summed E-state index contributed by atoms with van der Waals surface area (Å²) in [7, 11) is 0. The first-order valence-electron chi connectivity index (χ1n) is 8.91. The molecule has 3 fully saturated rings. The molecule has 0 radical (unpaired) electrons. The highest BCUT2D eigenvalue weighted by atomic mass is 16.2. The van der Waals surface area contributed by atoms with Crippen molar-refractivity contribution >= 4 is 5.91 Å². The predicted octanol–water partition coefficient (Wildman–Crippen LogP) is 1.92. The number of piperidine rings is 1. The Morgan fingerprint density at radius 3 is 2.92 bits per heavy atom. The fraction of sp³-hybridized carbons (Fsp3) is 0.474. The van der Waals surface area contributed by atoms with Gasteiger partial charge in [0.2, 0.25) is 0 Å². The van der Waals surface area contributed by atoms with Crippen LogP contribution >= 0.6 is 0 Å². The molecule has 3 aliphatic rings. The van der Waals surface area contributed by atoms with E-state index in [1.807, 2.05) is 17.9 Å². The first-order chi connectivity index (χ1) is 12.2. The molecule has 0 saturated carbocycles. The Morgan fingerprint density at radius 2 is 2.12 bits per heavy atom. The van der Waals surface area contributed by atoms with Crippen LogP contribution in [0.3, 0.4) is 0 Å². The second kappa shape index (κ2) is 6.88. The average molecular weight is 337 g/mol. The summed E-state index contributed by atoms with van der Waals surface area (Å²) in [5, 5.41) is 0. The molecule has 0 unspecified atom stereocenters. The smallest absolute Gasteiger partial charge is 0.274 e. The predicted molar refractivity (Wildman–Crippen MR) is 93.8 cm³/mol. The zero-order chi connectivity index (χ0) is 17.2. The topological polar surface area (TPSA) is 62.2 Å². The van der Waals surface area contributed by atoms with Gasteiger partial charge in [-0.25, -0.2) is 4.98 Å². The van der Waals surface area contributed by atoms with Crippen molar-refractivity contribution in [1.82, 2.24) is 24.8 Å². The third kappa shape index (κ3) is 3.54. The van der Waals surface area contributed by atoms with Gasteiger partial charge in [0.15, 0.2) is 0 Å². The number of nitrogens with zero attached hydrogens (tertiary/aromatic N) is 5. The molecule has 2 bridgehead atoms. The van der Waals surface area contributed by atoms with E-state index in [1.54, 1.807) is 18.6 Å². The summed E-state index contributed by atoms with van der Waals surface area (Å²) in [6, 6.07) is 6.58. The number of aromatic nitrogens is 3. The van der Waals surface area contributed by atoms with Gasteiger partial charge in [-0.3, -0.25) is 19.7 Å². The minimum atomic E-state index is 0.000491. The lowest BCUT2D eigenvalue weighted by Crippen LogP contribution is -2.44. The molecule has 6 heteroatoms. The van der Waals surface area contributed by atoms with Crippen molar-refractivity contribution in [2.75, 3.05) is 19.6 Å². The molecule has 5 heterocycles. The van der Waals surface area contributed by atoms with Gasteiger partial charge in [-0.05, 0) is 37.8 Å². The van der Waals surface area contributed by atoms with Crippen molar-refractivity contribution in [3.63, 3.8) is 0 Å². The summed E-state index contributed by atoms with van der Waals surface area (Å²) >= 11 is 0. The van der Waals surface area contributed by atoms with Crippen LogP contribution in [0, 0.1) is 12.8 Å². The maximum atomic E-state index is 12.8. The van der Waals surface area contributed by atoms with Crippen LogP contribution in [-0.2, 0) is 6.54 Å². The quantitative estimate of drug-likeness (QED) is 0.856. The van der Waals surface area contributed by atoms with Gasteiger partial charge in [-0.15, -0.1) is 0 Å². The summed E-state index contributed by atoms with van der Waals surface area (Å²) in [6.07, 6.45) is 7.06. The summed E-state index contributed by atoms with van der Waals surface area (Å²) in [6.45, 7) is 5.49. The van der Waals surface area contributed by atoms with Crippen LogP contribution in [0.25, 0.3) is 0 Å². The van der Waals surface area contributed by atoms with E-state index in [0.717, 1.165) is 44.0 Å². The molecule has 1 amide bonds. The SMILES string of the molecule is Cc1cccc(CN2C[C@H]3CC[C@@H]2CN(C(=O)c2cnccn2)C3)n1. The largest absolute Gasteiger partial charge is 0.335 e. The fourth-order valence-corrected chi connectivity index (χ4v) is 4.01. The Balaban J connectivity index is 1.49. The molecular weight excluding hydrogens is 314 g/mol. The molecule has 0 aliphatic carbocycles. The third-order valence-electron chi connectivity index (χ3n) is 5.21. The number of rotatable bonds is 3. The Morgan fingerprint density at radius 1 is 1.20 bits per heavy atom. The first-order valence-corrected chi connectivity index (χ1v) is 8.91. The molecule has 2 atom stereocenters. The molecule has 3 aliphatic heterocycles. The standard InChI is InChI=1S/C19H23N5O/c1-14-3-2-4-16(22-14)12-23-10-15-5-6-17(23)13-24(11-15)19(25)18-9-20-7-8-21-18/h2-4,7-9,15,17H,5-6,10-13H2,1H3/t15-,17-/m1/s1. The van der Waals surface area contributed by atoms with Crippen molar-refractivity contribution in [3.05, 3.63) is 53.9 Å². The highest BCUT2D eigenvalue weighted by Crippen LogP contribution is 2.29. The van der Waals surface area contributed by atoms with E-state index in [0.29, 0.717) is 17.7 Å². The van der Waals surface area contributed by atoms with E-state index >= 15 is 0 Å². The van der Waals surface area contributed by atoms with Crippen molar-refractivity contribution < 1.29 is 4.79 Å². The number of hydrogen-bond acceptors (Lipinski definition) is 5. The maximum Gasteiger partial charge on any atom is 0.274 e. The second-order valence-corrected chi connectivity index (χ2v) is 7.10. The van der Waals surface area contributed by atoms with Crippen LogP contribution in [0.2, 0.25) is 0 Å². The normalized spacial score (nSPS) is 23.5. The Labute approximate surface area is 147 Å². The van der Waals surface area contributed by atoms with E-state index in [9.17, 15) is 4.79 Å². The van der Waals surface area contributed by atoms with Crippen LogP contribution in [-0.4, -0.2) is 56.3 Å². The number of carbonyl (C=O) groups is 1. The molecule has 2 aromatic rings. The molecule has 130 valence electrons. The van der Waals surface area contributed by atoms with Gasteiger partial charge in [0.05, 0.1) is 11.9 Å². The zero-order valence-corrected chi connectivity index (χ0v) is 14.5. The summed E-state index contributed by atoms with van der Waals surface area (Å²) in [5.74, 6) is 0.518. The van der Waals surface area contributed by atoms with Gasteiger partial charge >= 0.3 is 0 Å². The number of aryl methyl sites for hydroxylation is 1. The van der Waals surface area contributed by atoms with Gasteiger partial charge in [0.25, 0.3) is 5.91 Å². The van der Waals surface area contributed by atoms with Gasteiger partial charge in [-0.1, -0.05) is 6.07 Å². The summed E-state index contributed by atoms with van der Waals surface area (Å²) in [4.78, 5) is 30.1. The maximum absolute atomic E-state index is 12.8. The Hall–Kier alpha value is -2.34. The van der Waals surface area contributed by atoms with Crippen LogP contribution in [0.1, 0.15) is 34.7 Å². The van der Waals surface area contributed by atoms with Crippen molar-refractivity contribution in [2.45, 2.75) is 32.4 Å². The van der Waals surface area contributed by atoms with E-state index in [1.165, 1.54) is 6.42 Å². The number of pyridine rings is 1. The lowest BCUT2D eigenvalue weighted by molar-refractivity contribution is 0.0729. The first kappa shape index (κ1) is 16.1. The van der Waals surface area contributed by atoms with Crippen LogP contribution in [0.15, 0.2) is 36.8 Å². The number of amides is 1. The number of hydrogen-bond donors (Lipinski definition) is 0. The molecule has 0 N–H and O–H groups in total. The molecule has 25 heavy (non-hydrogen) atoms. The molecule has 3 saturated heterocycles. The van der Waals surface area contributed by atoms with Crippen LogP contribution in [0.5, 0.6) is 0 Å². The van der Waals surface area contributed by atoms with Crippen molar-refractivity contribution in [3.8, 4) is 0 Å². The molecular formula is C19H23N5O. The molecule has 6 nitrogen and oxygen atoms in total. The lowest BCUT2D eigenvalue weighted by atomic mass is 9.95. The monoisotopic (exact) mass is 337 g/mol. The van der Waals surface area contributed by atoms with E-state index in [4.69, 9.17) is 0 Å². The average Bonchev–Trinajstić information content (AvgIpc) is 2.94. The molecule has 0 aromatic carbocycles. The minimum Gasteiger partial charge on any atom is -0.335 e.